The van der Waals surface area contributed by atoms with Crippen molar-refractivity contribution in [1.29, 1.82) is 0 Å². The maximum Gasteiger partial charge on any atom is 0.224 e. The molecule has 7 nitrogen and oxygen atoms in total. The van der Waals surface area contributed by atoms with Crippen molar-refractivity contribution >= 4 is 16.9 Å². The smallest absolute Gasteiger partial charge is 0.224 e. The number of para-hydroxylation sites is 2. The Morgan fingerprint density at radius 1 is 0.861 bits per heavy atom. The molecule has 7 heteroatoms. The van der Waals surface area contributed by atoms with Gasteiger partial charge in [0.1, 0.15) is 23.1 Å². The van der Waals surface area contributed by atoms with Crippen LogP contribution in [0.1, 0.15) is 24.2 Å². The summed E-state index contributed by atoms with van der Waals surface area (Å²) in [5.41, 5.74) is 3.05. The molecule has 0 aliphatic heterocycles. The summed E-state index contributed by atoms with van der Waals surface area (Å²) >= 11 is 0. The van der Waals surface area contributed by atoms with Gasteiger partial charge in [0.05, 0.1) is 38.3 Å². The van der Waals surface area contributed by atoms with Gasteiger partial charge in [0.2, 0.25) is 5.91 Å². The van der Waals surface area contributed by atoms with Gasteiger partial charge in [-0.1, -0.05) is 24.3 Å². The zero-order valence-corrected chi connectivity index (χ0v) is 20.9. The quantitative estimate of drug-likeness (QED) is 0.274. The number of amides is 1. The molecule has 36 heavy (non-hydrogen) atoms. The van der Waals surface area contributed by atoms with Gasteiger partial charge < -0.3 is 24.1 Å². The second kappa shape index (κ2) is 12.6. The van der Waals surface area contributed by atoms with E-state index in [2.05, 4.69) is 16.0 Å². The van der Waals surface area contributed by atoms with Crippen LogP contribution in [0.15, 0.2) is 72.8 Å². The molecule has 0 spiro atoms. The number of unbranched alkanes of at least 4 members (excludes halogenated alkanes) is 1. The predicted molar refractivity (Wildman–Crippen MR) is 141 cm³/mol. The number of fused-ring (bicyclic) bond motifs is 1. The number of aromatic nitrogens is 2. The predicted octanol–water partition coefficient (Wildman–Crippen LogP) is 4.81. The lowest BCUT2D eigenvalue weighted by molar-refractivity contribution is -0.120. The monoisotopic (exact) mass is 487 g/mol. The van der Waals surface area contributed by atoms with Crippen LogP contribution in [-0.4, -0.2) is 42.8 Å². The van der Waals surface area contributed by atoms with Crippen molar-refractivity contribution in [2.45, 2.75) is 32.2 Å². The van der Waals surface area contributed by atoms with Gasteiger partial charge in [-0.15, -0.1) is 0 Å². The molecule has 0 aliphatic rings. The summed E-state index contributed by atoms with van der Waals surface area (Å²) in [5, 5.41) is 3.03. The molecular weight excluding hydrogens is 454 g/mol. The summed E-state index contributed by atoms with van der Waals surface area (Å²) in [5.74, 6) is 3.43. The number of imidazole rings is 1. The first-order chi connectivity index (χ1) is 17.7. The van der Waals surface area contributed by atoms with E-state index < -0.39 is 0 Å². The second-order valence-corrected chi connectivity index (χ2v) is 8.52. The number of nitrogens with zero attached hydrogens (tertiary/aromatic N) is 2. The molecule has 0 radical (unpaired) electrons. The van der Waals surface area contributed by atoms with Gasteiger partial charge in [0, 0.05) is 19.5 Å². The van der Waals surface area contributed by atoms with Crippen molar-refractivity contribution in [2.75, 3.05) is 27.4 Å². The summed E-state index contributed by atoms with van der Waals surface area (Å²) in [6, 6.07) is 23.4. The van der Waals surface area contributed by atoms with Crippen molar-refractivity contribution in [3.05, 3.63) is 84.2 Å². The third-order valence-corrected chi connectivity index (χ3v) is 6.03. The van der Waals surface area contributed by atoms with Crippen molar-refractivity contribution < 1.29 is 19.0 Å². The van der Waals surface area contributed by atoms with Gasteiger partial charge in [-0.3, -0.25) is 4.79 Å². The average Bonchev–Trinajstić information content (AvgIpc) is 3.26. The van der Waals surface area contributed by atoms with Crippen molar-refractivity contribution in [3.8, 4) is 17.2 Å². The topological polar surface area (TPSA) is 74.6 Å². The molecule has 0 aliphatic carbocycles. The number of hydrogen-bond acceptors (Lipinski definition) is 5. The largest absolute Gasteiger partial charge is 0.497 e. The van der Waals surface area contributed by atoms with Gasteiger partial charge in [-0.2, -0.15) is 0 Å². The molecule has 188 valence electrons. The highest BCUT2D eigenvalue weighted by atomic mass is 16.5. The molecule has 1 N–H and O–H groups in total. The molecule has 1 aromatic heterocycles. The molecule has 0 atom stereocenters. The number of benzene rings is 3. The van der Waals surface area contributed by atoms with Crippen LogP contribution in [0.4, 0.5) is 0 Å². The minimum absolute atomic E-state index is 0.00138. The molecule has 0 bridgehead atoms. The zero-order valence-electron chi connectivity index (χ0n) is 20.9. The zero-order chi connectivity index (χ0) is 25.2. The van der Waals surface area contributed by atoms with Crippen LogP contribution in [0.25, 0.3) is 11.0 Å². The van der Waals surface area contributed by atoms with E-state index in [-0.39, 0.29) is 5.91 Å². The molecular formula is C29H33N3O4. The minimum atomic E-state index is -0.00138. The van der Waals surface area contributed by atoms with E-state index in [0.29, 0.717) is 26.0 Å². The van der Waals surface area contributed by atoms with E-state index in [1.54, 1.807) is 14.2 Å². The fraction of sp³-hybridized carbons (Fsp3) is 0.310. The van der Waals surface area contributed by atoms with E-state index in [1.807, 2.05) is 66.7 Å². The molecule has 0 saturated carbocycles. The van der Waals surface area contributed by atoms with E-state index in [0.717, 1.165) is 59.1 Å². The van der Waals surface area contributed by atoms with Crippen molar-refractivity contribution in [1.82, 2.24) is 14.9 Å². The molecule has 1 heterocycles. The fourth-order valence-electron chi connectivity index (χ4n) is 4.10. The average molecular weight is 488 g/mol. The van der Waals surface area contributed by atoms with Crippen LogP contribution < -0.4 is 19.5 Å². The standard InChI is InChI=1S/C29H33N3O4/c1-34-23-11-9-22(10-12-23)21-29(33)30-18-17-28-31-26-7-3-4-8-27(26)32(28)19-5-6-20-36-25-15-13-24(35-2)14-16-25/h3-4,7-16H,5-6,17-21H2,1-2H3,(H,30,33). The van der Waals surface area contributed by atoms with Gasteiger partial charge in [-0.05, 0) is 66.9 Å². The van der Waals surface area contributed by atoms with E-state index >= 15 is 0 Å². The Balaban J connectivity index is 1.27. The highest BCUT2D eigenvalue weighted by molar-refractivity contribution is 5.78. The fourth-order valence-corrected chi connectivity index (χ4v) is 4.10. The molecule has 4 aromatic rings. The Morgan fingerprint density at radius 2 is 1.53 bits per heavy atom. The lowest BCUT2D eigenvalue weighted by Gasteiger charge is -2.11. The van der Waals surface area contributed by atoms with Gasteiger partial charge in [0.15, 0.2) is 0 Å². The lowest BCUT2D eigenvalue weighted by Crippen LogP contribution is -2.28. The second-order valence-electron chi connectivity index (χ2n) is 8.52. The molecule has 3 aromatic carbocycles. The number of carbonyl (C=O) groups is 1. The summed E-state index contributed by atoms with van der Waals surface area (Å²) in [7, 11) is 3.28. The molecule has 1 amide bonds. The Kier molecular flexibility index (Phi) is 8.81. The first-order valence-corrected chi connectivity index (χ1v) is 12.3. The SMILES string of the molecule is COc1ccc(CC(=O)NCCc2nc3ccccc3n2CCCCOc2ccc(OC)cc2)cc1. The maximum absolute atomic E-state index is 12.4. The van der Waals surface area contributed by atoms with Crippen LogP contribution in [-0.2, 0) is 24.2 Å². The van der Waals surface area contributed by atoms with Crippen LogP contribution in [0.5, 0.6) is 17.2 Å². The number of methoxy groups -OCH3 is 2. The van der Waals surface area contributed by atoms with Crippen LogP contribution >= 0.6 is 0 Å². The third kappa shape index (κ3) is 6.78. The first kappa shape index (κ1) is 25.1. The maximum atomic E-state index is 12.4. The third-order valence-electron chi connectivity index (χ3n) is 6.03. The van der Waals surface area contributed by atoms with Crippen molar-refractivity contribution in [2.24, 2.45) is 0 Å². The van der Waals surface area contributed by atoms with Gasteiger partial charge in [-0.25, -0.2) is 4.98 Å². The number of rotatable bonds is 13. The van der Waals surface area contributed by atoms with Crippen molar-refractivity contribution in [3.63, 3.8) is 0 Å². The highest BCUT2D eigenvalue weighted by Crippen LogP contribution is 2.19. The normalized spacial score (nSPS) is 10.8. The number of nitrogens with one attached hydrogen (secondary N) is 1. The van der Waals surface area contributed by atoms with E-state index in [4.69, 9.17) is 19.2 Å². The summed E-state index contributed by atoms with van der Waals surface area (Å²) in [4.78, 5) is 17.3. The number of ether oxygens (including phenoxy) is 3. The first-order valence-electron chi connectivity index (χ1n) is 12.3. The number of aryl methyl sites for hydroxylation is 1. The summed E-state index contributed by atoms with van der Waals surface area (Å²) < 4.78 is 18.5. The van der Waals surface area contributed by atoms with Gasteiger partial charge in [0.25, 0.3) is 0 Å². The van der Waals surface area contributed by atoms with Crippen LogP contribution in [0.3, 0.4) is 0 Å². The molecule has 4 rings (SSSR count). The van der Waals surface area contributed by atoms with Crippen LogP contribution in [0.2, 0.25) is 0 Å². The van der Waals surface area contributed by atoms with E-state index in [9.17, 15) is 4.79 Å². The summed E-state index contributed by atoms with van der Waals surface area (Å²) in [6.07, 6.45) is 2.91. The lowest BCUT2D eigenvalue weighted by atomic mass is 10.1. The molecule has 0 fully saturated rings. The molecule has 0 unspecified atom stereocenters. The Bertz CT molecular complexity index is 1250. The Morgan fingerprint density at radius 3 is 2.25 bits per heavy atom. The highest BCUT2D eigenvalue weighted by Gasteiger charge is 2.11. The van der Waals surface area contributed by atoms with Gasteiger partial charge >= 0.3 is 0 Å². The Labute approximate surface area is 212 Å². The number of carbonyl (C=O) groups excluding carboxylic acids is 1. The molecule has 0 saturated heterocycles. The minimum Gasteiger partial charge on any atom is -0.497 e. The van der Waals surface area contributed by atoms with Crippen LogP contribution in [0, 0.1) is 0 Å². The Hall–Kier alpha value is -4.00. The summed E-state index contributed by atoms with van der Waals surface area (Å²) in [6.45, 7) is 2.04. The van der Waals surface area contributed by atoms with E-state index in [1.165, 1.54) is 0 Å². The number of hydrogen-bond donors (Lipinski definition) is 1.